The molecule has 0 aliphatic carbocycles. The highest BCUT2D eigenvalue weighted by atomic mass is 35.5. The van der Waals surface area contributed by atoms with Crippen molar-refractivity contribution in [1.29, 1.82) is 0 Å². The van der Waals surface area contributed by atoms with Crippen molar-refractivity contribution in [3.63, 3.8) is 0 Å². The fraction of sp³-hybridized carbons (Fsp3) is 0.355. The lowest BCUT2D eigenvalue weighted by Crippen LogP contribution is -2.52. The van der Waals surface area contributed by atoms with E-state index in [1.807, 2.05) is 26.8 Å². The first-order valence-corrected chi connectivity index (χ1v) is 15.8. The lowest BCUT2D eigenvalue weighted by molar-refractivity contribution is -0.140. The van der Waals surface area contributed by atoms with Crippen molar-refractivity contribution in [2.24, 2.45) is 5.92 Å². The monoisotopic (exact) mass is 633 g/mol. The maximum atomic E-state index is 14.2. The number of nitrogens with zero attached hydrogens (tertiary/aromatic N) is 2. The molecule has 0 aliphatic rings. The van der Waals surface area contributed by atoms with Crippen molar-refractivity contribution in [3.8, 4) is 5.75 Å². The third kappa shape index (κ3) is 8.18. The van der Waals surface area contributed by atoms with Crippen LogP contribution in [0.4, 0.5) is 5.69 Å². The van der Waals surface area contributed by atoms with Gasteiger partial charge in [-0.15, -0.1) is 0 Å². The van der Waals surface area contributed by atoms with Crippen LogP contribution < -0.4 is 14.4 Å². The van der Waals surface area contributed by atoms with Crippen molar-refractivity contribution in [3.05, 3.63) is 87.9 Å². The summed E-state index contributed by atoms with van der Waals surface area (Å²) >= 11 is 12.8. The number of rotatable bonds is 13. The number of carbonyl (C=O) groups is 2. The Bertz CT molecular complexity index is 1500. The van der Waals surface area contributed by atoms with Gasteiger partial charge < -0.3 is 15.0 Å². The lowest BCUT2D eigenvalue weighted by atomic mass is 10.1. The Morgan fingerprint density at radius 3 is 2.29 bits per heavy atom. The van der Waals surface area contributed by atoms with E-state index in [1.54, 1.807) is 50.4 Å². The predicted octanol–water partition coefficient (Wildman–Crippen LogP) is 6.09. The predicted molar refractivity (Wildman–Crippen MR) is 168 cm³/mol. The second-order valence-corrected chi connectivity index (χ2v) is 13.0. The molecule has 8 nitrogen and oxygen atoms in total. The largest absolute Gasteiger partial charge is 0.497 e. The van der Waals surface area contributed by atoms with Crippen LogP contribution >= 0.6 is 23.2 Å². The summed E-state index contributed by atoms with van der Waals surface area (Å²) < 4.78 is 34.3. The van der Waals surface area contributed by atoms with Crippen LogP contribution in [0.1, 0.15) is 38.3 Å². The molecule has 3 rings (SSSR count). The summed E-state index contributed by atoms with van der Waals surface area (Å²) in [7, 11) is -2.73. The minimum Gasteiger partial charge on any atom is -0.497 e. The fourth-order valence-electron chi connectivity index (χ4n) is 4.35. The first kappa shape index (κ1) is 33.2. The molecule has 0 unspecified atom stereocenters. The molecule has 0 aliphatic heterocycles. The van der Waals surface area contributed by atoms with Gasteiger partial charge in [-0.05, 0) is 61.2 Å². The number of methoxy groups -OCH3 is 1. The third-order valence-corrected chi connectivity index (χ3v) is 9.23. The Morgan fingerprint density at radius 2 is 1.67 bits per heavy atom. The number of hydrogen-bond acceptors (Lipinski definition) is 5. The maximum absolute atomic E-state index is 14.2. The highest BCUT2D eigenvalue weighted by molar-refractivity contribution is 7.92. The van der Waals surface area contributed by atoms with E-state index in [0.717, 1.165) is 9.87 Å². The second kappa shape index (κ2) is 14.8. The van der Waals surface area contributed by atoms with Crippen LogP contribution in [0, 0.1) is 12.8 Å². The molecule has 1 atom stereocenters. The highest BCUT2D eigenvalue weighted by Crippen LogP contribution is 2.35. The highest BCUT2D eigenvalue weighted by Gasteiger charge is 2.34. The molecule has 0 fully saturated rings. The smallest absolute Gasteiger partial charge is 0.264 e. The molecule has 42 heavy (non-hydrogen) atoms. The van der Waals surface area contributed by atoms with E-state index in [1.165, 1.54) is 29.2 Å². The Morgan fingerprint density at radius 1 is 1.00 bits per heavy atom. The molecular formula is C31H37Cl2N3O5S. The average molecular weight is 635 g/mol. The molecule has 2 amide bonds. The molecule has 0 radical (unpaired) electrons. The van der Waals surface area contributed by atoms with Crippen LogP contribution in [0.25, 0.3) is 0 Å². The Balaban J connectivity index is 2.10. The summed E-state index contributed by atoms with van der Waals surface area (Å²) in [6.45, 7) is 7.46. The molecule has 1 N–H and O–H groups in total. The molecule has 3 aromatic carbocycles. The van der Waals surface area contributed by atoms with Gasteiger partial charge in [-0.2, -0.15) is 0 Å². The van der Waals surface area contributed by atoms with Crippen LogP contribution in [0.3, 0.4) is 0 Å². The summed E-state index contributed by atoms with van der Waals surface area (Å²) in [5.41, 5.74) is 1.64. The molecule has 0 aromatic heterocycles. The van der Waals surface area contributed by atoms with Crippen LogP contribution in [0.15, 0.2) is 71.6 Å². The summed E-state index contributed by atoms with van der Waals surface area (Å²) in [5, 5.41) is 3.04. The summed E-state index contributed by atoms with van der Waals surface area (Å²) in [4.78, 5) is 28.9. The van der Waals surface area contributed by atoms with Crippen molar-refractivity contribution < 1.29 is 22.7 Å². The minimum atomic E-state index is -4.27. The van der Waals surface area contributed by atoms with Crippen LogP contribution in [-0.2, 0) is 26.2 Å². The number of amides is 2. The number of carbonyl (C=O) groups excluding carboxylic acids is 2. The van der Waals surface area contributed by atoms with E-state index in [-0.39, 0.29) is 39.0 Å². The average Bonchev–Trinajstić information content (AvgIpc) is 2.96. The van der Waals surface area contributed by atoms with Crippen molar-refractivity contribution in [2.75, 3.05) is 24.5 Å². The van der Waals surface area contributed by atoms with Gasteiger partial charge in [-0.1, -0.05) is 79.9 Å². The molecule has 0 heterocycles. The quantitative estimate of drug-likeness (QED) is 0.246. The summed E-state index contributed by atoms with van der Waals surface area (Å²) in [6, 6.07) is 17.2. The van der Waals surface area contributed by atoms with Gasteiger partial charge in [0.15, 0.2) is 0 Å². The molecule has 0 saturated carbocycles. The van der Waals surface area contributed by atoms with Gasteiger partial charge in [-0.25, -0.2) is 8.42 Å². The Hall–Kier alpha value is -3.27. The first-order valence-electron chi connectivity index (χ1n) is 13.6. The zero-order valence-electron chi connectivity index (χ0n) is 24.4. The van der Waals surface area contributed by atoms with E-state index in [9.17, 15) is 18.0 Å². The van der Waals surface area contributed by atoms with Gasteiger partial charge in [0.2, 0.25) is 11.8 Å². The number of benzene rings is 3. The topological polar surface area (TPSA) is 96.0 Å². The molecule has 0 saturated heterocycles. The third-order valence-electron chi connectivity index (χ3n) is 6.65. The van der Waals surface area contributed by atoms with E-state index in [0.29, 0.717) is 24.3 Å². The molecular weight excluding hydrogens is 597 g/mol. The lowest BCUT2D eigenvalue weighted by Gasteiger charge is -2.33. The van der Waals surface area contributed by atoms with Gasteiger partial charge in [0.25, 0.3) is 10.0 Å². The van der Waals surface area contributed by atoms with Gasteiger partial charge in [0.1, 0.15) is 18.3 Å². The second-order valence-electron chi connectivity index (χ2n) is 10.3. The standard InChI is InChI=1S/C31H37Cl2N3O5S/c1-6-27(31(38)34-18-21(2)3)35(19-23-9-7-10-24(17-23)41-5)29(37)20-36(28-12-8-11-26(32)30(28)33)42(39,40)25-15-13-22(4)14-16-25/h7-17,21,27H,6,18-20H2,1-5H3,(H,34,38)/t27-/m1/s1. The van der Waals surface area contributed by atoms with Gasteiger partial charge in [-0.3, -0.25) is 13.9 Å². The molecule has 11 heteroatoms. The van der Waals surface area contributed by atoms with E-state index < -0.39 is 28.5 Å². The zero-order chi connectivity index (χ0) is 31.0. The minimum absolute atomic E-state index is 0.0104. The number of sulfonamides is 1. The molecule has 226 valence electrons. The number of hydrogen-bond donors (Lipinski definition) is 1. The van der Waals surface area contributed by atoms with Gasteiger partial charge >= 0.3 is 0 Å². The normalized spacial score (nSPS) is 12.1. The van der Waals surface area contributed by atoms with Crippen molar-refractivity contribution in [2.45, 2.75) is 51.6 Å². The maximum Gasteiger partial charge on any atom is 0.264 e. The van der Waals surface area contributed by atoms with E-state index in [4.69, 9.17) is 27.9 Å². The Kier molecular flexibility index (Phi) is 11.7. The number of anilines is 1. The van der Waals surface area contributed by atoms with E-state index >= 15 is 0 Å². The zero-order valence-corrected chi connectivity index (χ0v) is 26.8. The molecule has 0 spiro atoms. The van der Waals surface area contributed by atoms with E-state index in [2.05, 4.69) is 5.32 Å². The Labute approximate surface area is 258 Å². The number of aryl methyl sites for hydroxylation is 1. The van der Waals surface area contributed by atoms with Crippen LogP contribution in [-0.4, -0.2) is 51.4 Å². The van der Waals surface area contributed by atoms with Gasteiger partial charge in [0.05, 0.1) is 27.7 Å². The SMILES string of the molecule is CC[C@H](C(=O)NCC(C)C)N(Cc1cccc(OC)c1)C(=O)CN(c1cccc(Cl)c1Cl)S(=O)(=O)c1ccc(C)cc1. The van der Waals surface area contributed by atoms with Crippen LogP contribution in [0.2, 0.25) is 10.0 Å². The fourth-order valence-corrected chi connectivity index (χ4v) is 6.22. The number of ether oxygens (including phenoxy) is 1. The van der Waals surface area contributed by atoms with Gasteiger partial charge in [0, 0.05) is 13.1 Å². The molecule has 3 aromatic rings. The molecule has 0 bridgehead atoms. The summed E-state index contributed by atoms with van der Waals surface area (Å²) in [6.07, 6.45) is 0.308. The van der Waals surface area contributed by atoms with Crippen LogP contribution in [0.5, 0.6) is 5.75 Å². The number of nitrogens with one attached hydrogen (secondary N) is 1. The summed E-state index contributed by atoms with van der Waals surface area (Å²) in [5.74, 6) is -0.118. The number of halogens is 2. The first-order chi connectivity index (χ1) is 19.9. The van der Waals surface area contributed by atoms with Crippen molar-refractivity contribution >= 4 is 50.7 Å². The van der Waals surface area contributed by atoms with Crippen molar-refractivity contribution in [1.82, 2.24) is 10.2 Å².